The van der Waals surface area contributed by atoms with Crippen LogP contribution in [0.15, 0.2) is 47.6 Å². The summed E-state index contributed by atoms with van der Waals surface area (Å²) in [4.78, 5) is 16.8. The number of hydrogen-bond acceptors (Lipinski definition) is 6. The average Bonchev–Trinajstić information content (AvgIpc) is 2.74. The van der Waals surface area contributed by atoms with E-state index in [2.05, 4.69) is 51.5 Å². The molecule has 2 aromatic rings. The molecular weight excluding hydrogens is 368 g/mol. The first-order chi connectivity index (χ1) is 14.1. The van der Waals surface area contributed by atoms with Crippen molar-refractivity contribution in [2.75, 3.05) is 51.8 Å². The summed E-state index contributed by atoms with van der Waals surface area (Å²) in [5.41, 5.74) is 5.88. The molecular formula is C22H28N4O3. The number of nitrogens with zero attached hydrogens (tertiary/aromatic N) is 3. The number of amides is 1. The van der Waals surface area contributed by atoms with Gasteiger partial charge in [0.25, 0.3) is 5.91 Å². The SMILES string of the molecule is COc1cccc(/C=N/NC(=O)CN2CCN(c3ccccc3C)CC2)c1OC. The van der Waals surface area contributed by atoms with Gasteiger partial charge in [-0.15, -0.1) is 0 Å². The standard InChI is InChI=1S/C22H28N4O3/c1-17-7-4-5-9-19(17)26-13-11-25(12-14-26)16-21(27)24-23-15-18-8-6-10-20(28-2)22(18)29-3/h4-10,15H,11-14,16H2,1-3H3,(H,24,27)/b23-15+. The smallest absolute Gasteiger partial charge is 0.254 e. The Balaban J connectivity index is 1.49. The first kappa shape index (κ1) is 20.7. The highest BCUT2D eigenvalue weighted by atomic mass is 16.5. The Morgan fingerprint density at radius 2 is 1.83 bits per heavy atom. The van der Waals surface area contributed by atoms with Crippen molar-refractivity contribution in [3.05, 3.63) is 53.6 Å². The molecule has 7 nitrogen and oxygen atoms in total. The van der Waals surface area contributed by atoms with Crippen LogP contribution in [0.4, 0.5) is 5.69 Å². The van der Waals surface area contributed by atoms with E-state index in [1.165, 1.54) is 11.3 Å². The number of methoxy groups -OCH3 is 2. The van der Waals surface area contributed by atoms with E-state index in [0.29, 0.717) is 18.0 Å². The predicted molar refractivity (Wildman–Crippen MR) is 115 cm³/mol. The fraction of sp³-hybridized carbons (Fsp3) is 0.364. The maximum Gasteiger partial charge on any atom is 0.254 e. The molecule has 0 aromatic heterocycles. The molecule has 0 aliphatic carbocycles. The minimum Gasteiger partial charge on any atom is -0.493 e. The van der Waals surface area contributed by atoms with Crippen LogP contribution in [0.5, 0.6) is 11.5 Å². The fourth-order valence-electron chi connectivity index (χ4n) is 3.49. The van der Waals surface area contributed by atoms with Crippen molar-refractivity contribution in [2.24, 2.45) is 5.10 Å². The molecule has 0 unspecified atom stereocenters. The summed E-state index contributed by atoms with van der Waals surface area (Å²) < 4.78 is 10.6. The monoisotopic (exact) mass is 396 g/mol. The third-order valence-corrected chi connectivity index (χ3v) is 5.02. The normalized spacial score (nSPS) is 14.8. The lowest BCUT2D eigenvalue weighted by molar-refractivity contribution is -0.122. The van der Waals surface area contributed by atoms with Gasteiger partial charge in [0.15, 0.2) is 11.5 Å². The van der Waals surface area contributed by atoms with Gasteiger partial charge in [0.05, 0.1) is 27.0 Å². The maximum atomic E-state index is 12.2. The summed E-state index contributed by atoms with van der Waals surface area (Å²) in [6.45, 7) is 5.95. The van der Waals surface area contributed by atoms with Gasteiger partial charge in [-0.3, -0.25) is 9.69 Å². The summed E-state index contributed by atoms with van der Waals surface area (Å²) in [7, 11) is 3.16. The Labute approximate surface area is 171 Å². The summed E-state index contributed by atoms with van der Waals surface area (Å²) >= 11 is 0. The molecule has 0 spiro atoms. The fourth-order valence-corrected chi connectivity index (χ4v) is 3.49. The molecule has 154 valence electrons. The van der Waals surface area contributed by atoms with E-state index in [1.54, 1.807) is 20.4 Å². The van der Waals surface area contributed by atoms with Crippen LogP contribution in [-0.4, -0.2) is 64.0 Å². The van der Waals surface area contributed by atoms with Gasteiger partial charge >= 0.3 is 0 Å². The van der Waals surface area contributed by atoms with Crippen LogP contribution in [0.25, 0.3) is 0 Å². The van der Waals surface area contributed by atoms with Crippen LogP contribution in [0.1, 0.15) is 11.1 Å². The first-order valence-corrected chi connectivity index (χ1v) is 9.68. The number of para-hydroxylation sites is 2. The lowest BCUT2D eigenvalue weighted by Crippen LogP contribution is -2.49. The van der Waals surface area contributed by atoms with E-state index < -0.39 is 0 Å². The van der Waals surface area contributed by atoms with Gasteiger partial charge in [-0.1, -0.05) is 24.3 Å². The minimum atomic E-state index is -0.132. The van der Waals surface area contributed by atoms with Crippen LogP contribution in [0, 0.1) is 6.92 Å². The highest BCUT2D eigenvalue weighted by Crippen LogP contribution is 2.29. The van der Waals surface area contributed by atoms with Crippen molar-refractivity contribution in [2.45, 2.75) is 6.92 Å². The van der Waals surface area contributed by atoms with Crippen LogP contribution in [-0.2, 0) is 4.79 Å². The molecule has 29 heavy (non-hydrogen) atoms. The number of carbonyl (C=O) groups is 1. The third kappa shape index (κ3) is 5.26. The number of benzene rings is 2. The summed E-state index contributed by atoms with van der Waals surface area (Å²) in [5, 5.41) is 4.07. The molecule has 0 bridgehead atoms. The number of nitrogens with one attached hydrogen (secondary N) is 1. The number of hydrogen-bond donors (Lipinski definition) is 1. The number of ether oxygens (including phenoxy) is 2. The summed E-state index contributed by atoms with van der Waals surface area (Å²) in [6, 6.07) is 13.9. The van der Waals surface area contributed by atoms with Gasteiger partial charge in [0.2, 0.25) is 0 Å². The van der Waals surface area contributed by atoms with Gasteiger partial charge < -0.3 is 14.4 Å². The molecule has 0 saturated carbocycles. The van der Waals surface area contributed by atoms with Gasteiger partial charge in [-0.2, -0.15) is 5.10 Å². The molecule has 3 rings (SSSR count). The van der Waals surface area contributed by atoms with Crippen molar-refractivity contribution in [3.63, 3.8) is 0 Å². The van der Waals surface area contributed by atoms with Gasteiger partial charge in [-0.25, -0.2) is 5.43 Å². The van der Waals surface area contributed by atoms with Crippen LogP contribution < -0.4 is 19.8 Å². The third-order valence-electron chi connectivity index (χ3n) is 5.02. The van der Waals surface area contributed by atoms with Crippen molar-refractivity contribution in [3.8, 4) is 11.5 Å². The van der Waals surface area contributed by atoms with Crippen molar-refractivity contribution >= 4 is 17.8 Å². The zero-order valence-electron chi connectivity index (χ0n) is 17.2. The summed E-state index contributed by atoms with van der Waals surface area (Å²) in [6.07, 6.45) is 1.56. The molecule has 2 aromatic carbocycles. The number of carbonyl (C=O) groups excluding carboxylic acids is 1. The van der Waals surface area contributed by atoms with Crippen LogP contribution in [0.3, 0.4) is 0 Å². The Morgan fingerprint density at radius 1 is 1.07 bits per heavy atom. The van der Waals surface area contributed by atoms with E-state index in [0.717, 1.165) is 31.7 Å². The highest BCUT2D eigenvalue weighted by Gasteiger charge is 2.19. The largest absolute Gasteiger partial charge is 0.493 e. The lowest BCUT2D eigenvalue weighted by Gasteiger charge is -2.36. The van der Waals surface area contributed by atoms with E-state index in [4.69, 9.17) is 9.47 Å². The molecule has 7 heteroatoms. The van der Waals surface area contributed by atoms with Gasteiger partial charge in [0.1, 0.15) is 0 Å². The first-order valence-electron chi connectivity index (χ1n) is 9.68. The minimum absolute atomic E-state index is 0.132. The zero-order valence-corrected chi connectivity index (χ0v) is 17.2. The average molecular weight is 396 g/mol. The molecule has 0 atom stereocenters. The number of rotatable bonds is 7. The topological polar surface area (TPSA) is 66.4 Å². The quantitative estimate of drug-likeness (QED) is 0.575. The van der Waals surface area contributed by atoms with Crippen LogP contribution >= 0.6 is 0 Å². The Morgan fingerprint density at radius 3 is 2.52 bits per heavy atom. The van der Waals surface area contributed by atoms with Gasteiger partial charge in [-0.05, 0) is 30.7 Å². The number of anilines is 1. The number of piperazine rings is 1. The molecule has 1 fully saturated rings. The Hall–Kier alpha value is -3.06. The molecule has 1 saturated heterocycles. The van der Waals surface area contributed by atoms with Crippen molar-refractivity contribution in [1.29, 1.82) is 0 Å². The van der Waals surface area contributed by atoms with E-state index >= 15 is 0 Å². The number of aryl methyl sites for hydroxylation is 1. The van der Waals surface area contributed by atoms with E-state index in [9.17, 15) is 4.79 Å². The second-order valence-corrected chi connectivity index (χ2v) is 6.93. The summed E-state index contributed by atoms with van der Waals surface area (Å²) in [5.74, 6) is 1.07. The second-order valence-electron chi connectivity index (χ2n) is 6.93. The zero-order chi connectivity index (χ0) is 20.6. The van der Waals surface area contributed by atoms with Gasteiger partial charge in [0, 0.05) is 37.4 Å². The second kappa shape index (κ2) is 9.93. The van der Waals surface area contributed by atoms with Crippen molar-refractivity contribution < 1.29 is 14.3 Å². The highest BCUT2D eigenvalue weighted by molar-refractivity contribution is 5.86. The lowest BCUT2D eigenvalue weighted by atomic mass is 10.1. The van der Waals surface area contributed by atoms with E-state index in [-0.39, 0.29) is 5.91 Å². The molecule has 1 N–H and O–H groups in total. The van der Waals surface area contributed by atoms with E-state index in [1.807, 2.05) is 18.2 Å². The maximum absolute atomic E-state index is 12.2. The number of hydrazone groups is 1. The molecule has 1 aliphatic heterocycles. The molecule has 1 amide bonds. The van der Waals surface area contributed by atoms with Crippen molar-refractivity contribution in [1.82, 2.24) is 10.3 Å². The predicted octanol–water partition coefficient (Wildman–Crippen LogP) is 2.28. The Kier molecular flexibility index (Phi) is 7.08. The Bertz CT molecular complexity index is 861. The molecule has 1 aliphatic rings. The van der Waals surface area contributed by atoms with Crippen LogP contribution in [0.2, 0.25) is 0 Å². The molecule has 1 heterocycles. The molecule has 0 radical (unpaired) electrons.